The molecule has 0 fully saturated rings. The van der Waals surface area contributed by atoms with Gasteiger partial charge in [0.1, 0.15) is 0 Å². The number of fused-ring (bicyclic) bond motifs is 2. The predicted molar refractivity (Wildman–Crippen MR) is 264 cm³/mol. The molecule has 0 aliphatic rings. The van der Waals surface area contributed by atoms with Crippen molar-refractivity contribution in [2.75, 3.05) is 0 Å². The number of pyridine rings is 2. The summed E-state index contributed by atoms with van der Waals surface area (Å²) in [4.78, 5) is 8.76. The fourth-order valence-corrected chi connectivity index (χ4v) is 10.4. The molecule has 4 aromatic carbocycles. The molecule has 11 heteroatoms. The monoisotopic (exact) mass is 1070 g/mol. The number of rotatable bonds is 10. The van der Waals surface area contributed by atoms with Crippen LogP contribution in [0.4, 0.5) is 26.3 Å². The minimum absolute atomic E-state index is 0.00940. The molecule has 8 rings (SSSR count). The van der Waals surface area contributed by atoms with Crippen molar-refractivity contribution in [1.29, 1.82) is 0 Å². The molecule has 0 N–H and O–H groups in total. The van der Waals surface area contributed by atoms with Crippen LogP contribution in [0.15, 0.2) is 121 Å². The van der Waals surface area contributed by atoms with E-state index < -0.39 is 195 Å². The van der Waals surface area contributed by atoms with E-state index in [-0.39, 0.29) is 85.4 Å². The maximum absolute atomic E-state index is 14.3. The number of hydrogen-bond acceptors (Lipinski definition) is 3. The maximum atomic E-state index is 14.3. The van der Waals surface area contributed by atoms with Gasteiger partial charge in [-0.15, -0.1) is 0 Å². The third-order valence-corrected chi connectivity index (χ3v) is 14.9. The zero-order valence-electron chi connectivity index (χ0n) is 59.5. The van der Waals surface area contributed by atoms with E-state index in [1.807, 2.05) is 0 Å². The van der Waals surface area contributed by atoms with E-state index in [9.17, 15) is 34.6 Å². The quantitative estimate of drug-likeness (QED) is 0.101. The molecule has 0 aliphatic heterocycles. The molecule has 0 saturated heterocycles. The average molecular weight is 1070 g/mol. The second-order valence-corrected chi connectivity index (χ2v) is 22.9. The third kappa shape index (κ3) is 10.4. The zero-order valence-corrected chi connectivity index (χ0v) is 41.0. The first-order valence-corrected chi connectivity index (χ1v) is 23.8. The second kappa shape index (κ2) is 17.6. The Kier molecular flexibility index (Phi) is 7.31. The summed E-state index contributed by atoms with van der Waals surface area (Å²) in [6, 6.07) is -10.4. The van der Waals surface area contributed by atoms with Gasteiger partial charge in [0.15, 0.2) is 0 Å². The van der Waals surface area contributed by atoms with Gasteiger partial charge < -0.3 is 0 Å². The summed E-state index contributed by atoms with van der Waals surface area (Å²) in [6.45, 7) is 12.0. The molecule has 4 aromatic heterocycles. The summed E-state index contributed by atoms with van der Waals surface area (Å²) in [5.74, 6) is -0.772. The van der Waals surface area contributed by atoms with Crippen LogP contribution in [0.25, 0.3) is 61.8 Å². The zero-order chi connectivity index (χ0) is 67.7. The number of aromatic nitrogens is 2. The first-order chi connectivity index (χ1) is 40.3. The van der Waals surface area contributed by atoms with Crippen molar-refractivity contribution in [3.8, 4) is 54.0 Å². The van der Waals surface area contributed by atoms with Crippen molar-refractivity contribution < 1.29 is 61.2 Å². The normalized spacial score (nSPS) is 18.3. The Hall–Kier alpha value is -4.92. The van der Waals surface area contributed by atoms with Gasteiger partial charge >= 0.3 is 433 Å². The van der Waals surface area contributed by atoms with Crippen molar-refractivity contribution >= 4 is 48.3 Å². The van der Waals surface area contributed by atoms with E-state index in [2.05, 4.69) is 9.97 Å². The molecule has 0 unspecified atom stereocenters. The fraction of sp³-hybridized carbons (Fsp3) is 0.321. The van der Waals surface area contributed by atoms with Gasteiger partial charge in [-0.05, 0) is 0 Å². The number of hydrogen-bond donors (Lipinski definition) is 0. The van der Waals surface area contributed by atoms with E-state index >= 15 is 0 Å². The summed E-state index contributed by atoms with van der Waals surface area (Å²) in [5.41, 5.74) is -13.2. The van der Waals surface area contributed by atoms with Crippen molar-refractivity contribution in [2.45, 2.75) is 105 Å². The van der Waals surface area contributed by atoms with Crippen molar-refractivity contribution in [3.63, 3.8) is 0 Å². The molecule has 0 amide bonds. The Labute approximate surface area is 432 Å². The van der Waals surface area contributed by atoms with Gasteiger partial charge in [-0.1, -0.05) is 0 Å². The van der Waals surface area contributed by atoms with Crippen LogP contribution in [0.3, 0.4) is 0 Å². The summed E-state index contributed by atoms with van der Waals surface area (Å²) in [6.07, 6.45) is -19.0. The van der Waals surface area contributed by atoms with Gasteiger partial charge in [0.25, 0.3) is 0 Å². The summed E-state index contributed by atoms with van der Waals surface area (Å²) >= 11 is -2.78. The van der Waals surface area contributed by atoms with E-state index in [0.717, 1.165) is 0 Å². The van der Waals surface area contributed by atoms with Gasteiger partial charge in [-0.25, -0.2) is 0 Å². The number of halogens is 6. The van der Waals surface area contributed by atoms with Crippen LogP contribution in [-0.4, -0.2) is 51.3 Å². The number of ether oxygens (including phenoxy) is 1. The van der Waals surface area contributed by atoms with Crippen LogP contribution in [0.2, 0.25) is 0 Å². The Morgan fingerprint density at radius 1 is 0.493 bits per heavy atom. The molecule has 0 aliphatic carbocycles. The topological polar surface area (TPSA) is 35.0 Å². The van der Waals surface area contributed by atoms with Crippen LogP contribution in [-0.2, 0) is 23.6 Å². The molecule has 67 heavy (non-hydrogen) atoms. The fourth-order valence-electron chi connectivity index (χ4n) is 6.14. The molecule has 0 saturated carbocycles. The molecule has 0 radical (unpaired) electrons. The average Bonchev–Trinajstić information content (AvgIpc) is 1.78. The summed E-state index contributed by atoms with van der Waals surface area (Å²) in [5, 5.41) is -0.578. The molecular weight excluding hydrogens is 989 g/mol. The van der Waals surface area contributed by atoms with Crippen molar-refractivity contribution in [3.05, 3.63) is 143 Å². The van der Waals surface area contributed by atoms with Gasteiger partial charge in [0, 0.05) is 0 Å². The predicted octanol–water partition coefficient (Wildman–Crippen LogP) is 16.2. The van der Waals surface area contributed by atoms with Gasteiger partial charge in [-0.2, -0.15) is 0 Å². The third-order valence-electron chi connectivity index (χ3n) is 10.3. The molecule has 348 valence electrons. The SMILES string of the molecule is [2H]c1nc(-c2cc(Oc3cc(-c4nc([2H])c([2H])c5c([2H])c(-c6c([2H])c([2H])c(C([2H])([2H])C(C)(C)C(F)(F)F)c([2H])c6[2H])[se]c45)c([2H])c(C(C)(C)C)c3[2H])c([2H])c(C(C)(C)C)c2[2H])c2[se]c(-c3c([2H])c([2H])c(C([2H])([2H])C(C)(C)C(F)(F)F)c([2H])c3[2H])c([2H])c2c1[2H]. The van der Waals surface area contributed by atoms with E-state index in [4.69, 9.17) is 26.7 Å². The van der Waals surface area contributed by atoms with E-state index in [1.165, 1.54) is 12.1 Å². The summed E-state index contributed by atoms with van der Waals surface area (Å²) in [7, 11) is 0. The van der Waals surface area contributed by atoms with Gasteiger partial charge in [-0.3, -0.25) is 0 Å². The molecule has 0 spiro atoms. The molecule has 3 nitrogen and oxygen atoms in total. The Balaban J connectivity index is 1.38. The first kappa shape index (κ1) is 27.9. The number of nitrogens with zero attached hydrogens (tertiary/aromatic N) is 2. The van der Waals surface area contributed by atoms with E-state index in [0.29, 0.717) is 27.7 Å². The number of alkyl halides is 6. The Bertz CT molecular complexity index is 4020. The van der Waals surface area contributed by atoms with Crippen LogP contribution in [0.1, 0.15) is 122 Å². The van der Waals surface area contributed by atoms with Crippen LogP contribution < -0.4 is 4.74 Å². The minimum atomic E-state index is -5.23. The first-order valence-electron chi connectivity index (χ1n) is 31.4. The van der Waals surface area contributed by atoms with Gasteiger partial charge in [0.05, 0.1) is 0 Å². The van der Waals surface area contributed by atoms with Crippen molar-refractivity contribution in [2.24, 2.45) is 10.8 Å². The Morgan fingerprint density at radius 2 is 0.851 bits per heavy atom. The Morgan fingerprint density at radius 3 is 1.18 bits per heavy atom. The van der Waals surface area contributed by atoms with Crippen LogP contribution in [0, 0.1) is 10.8 Å². The van der Waals surface area contributed by atoms with Crippen LogP contribution in [0.5, 0.6) is 11.5 Å². The van der Waals surface area contributed by atoms with Crippen molar-refractivity contribution in [1.82, 2.24) is 9.97 Å². The second-order valence-electron chi connectivity index (χ2n) is 18.6. The molecule has 0 atom stereocenters. The molecule has 8 aromatic rings. The van der Waals surface area contributed by atoms with Crippen LogP contribution >= 0.6 is 0 Å². The van der Waals surface area contributed by atoms with E-state index in [1.54, 1.807) is 41.5 Å². The molecule has 4 heterocycles. The standard InChI is InChI=1S/C56H54F6N2OSe2/c1-51(2,3)41-23-39(47-49-37(19-21-63-47)27-45(66-49)35-15-11-33(12-16-35)31-53(7,8)55(57,58)59)25-43(29-41)65-44-26-40(24-42(30-44)52(4,5)6)48-50-38(20-22-64-48)28-46(67-50)36-17-13-34(14-18-36)32-54(9,10)56(60,61)62/h11-30H,31-32H2,1-10H3/i11D,12D,13D,14D,15D,16D,17D,18D,19D,20D,21D,22D,23D,24D,27D,28D,29D,30D,31D2,32D2. The molecule has 0 bridgehead atoms. The molecular formula is C56H54F6N2OSe2. The number of benzene rings is 4. The summed E-state index contributed by atoms with van der Waals surface area (Å²) < 4.78 is 290. The van der Waals surface area contributed by atoms with Gasteiger partial charge in [0.2, 0.25) is 0 Å².